The van der Waals surface area contributed by atoms with Crippen molar-refractivity contribution in [3.05, 3.63) is 11.6 Å². The van der Waals surface area contributed by atoms with Crippen molar-refractivity contribution in [3.8, 4) is 0 Å². The fourth-order valence-corrected chi connectivity index (χ4v) is 2.07. The summed E-state index contributed by atoms with van der Waals surface area (Å²) in [6.45, 7) is 6.43. The summed E-state index contributed by atoms with van der Waals surface area (Å²) >= 11 is 0. The lowest BCUT2D eigenvalue weighted by Gasteiger charge is -2.21. The summed E-state index contributed by atoms with van der Waals surface area (Å²) in [5.41, 5.74) is 1.47. The van der Waals surface area contributed by atoms with Crippen LogP contribution in [0.1, 0.15) is 39.5 Å². The minimum atomic E-state index is 0.182. The van der Waals surface area contributed by atoms with Gasteiger partial charge in [-0.15, -0.1) is 0 Å². The topological polar surface area (TPSA) is 20.3 Å². The average Bonchev–Trinajstić information content (AvgIpc) is 2.64. The Kier molecular flexibility index (Phi) is 4.88. The van der Waals surface area contributed by atoms with Crippen LogP contribution in [0.5, 0.6) is 0 Å². The van der Waals surface area contributed by atoms with E-state index >= 15 is 0 Å². The Hall–Kier alpha value is -0.630. The number of nitrogens with zero attached hydrogens (tertiary/aromatic N) is 1. The predicted octanol–water partition coefficient (Wildman–Crippen LogP) is 2.40. The summed E-state index contributed by atoms with van der Waals surface area (Å²) in [5.74, 6) is 0. The first-order chi connectivity index (χ1) is 6.81. The van der Waals surface area contributed by atoms with Crippen molar-refractivity contribution in [2.45, 2.75) is 45.6 Å². The van der Waals surface area contributed by atoms with Gasteiger partial charge in [-0.25, -0.2) is 0 Å². The van der Waals surface area contributed by atoms with Crippen molar-refractivity contribution in [2.75, 3.05) is 13.1 Å². The van der Waals surface area contributed by atoms with E-state index in [2.05, 4.69) is 24.8 Å². The monoisotopic (exact) mass is 195 g/mol. The molecule has 0 aliphatic carbocycles. The minimum Gasteiger partial charge on any atom is -0.302 e. The molecule has 1 aliphatic rings. The van der Waals surface area contributed by atoms with Crippen LogP contribution < -0.4 is 0 Å². The molecule has 0 bridgehead atoms. The highest BCUT2D eigenvalue weighted by atomic mass is 16.1. The van der Waals surface area contributed by atoms with E-state index in [0.29, 0.717) is 0 Å². The van der Waals surface area contributed by atoms with Crippen molar-refractivity contribution in [1.29, 1.82) is 0 Å². The third-order valence-electron chi connectivity index (χ3n) is 2.92. The molecule has 0 aromatic carbocycles. The standard InChI is InChI=1S/C12H21NO/c1-3-6-11(4-2)9-13-8-5-7-12(13)10-14/h6,10,12H,3-5,7-9H2,1-2H3/b11-6+/t12-/m0/s1. The van der Waals surface area contributed by atoms with Gasteiger partial charge in [-0.05, 0) is 32.2 Å². The molecule has 14 heavy (non-hydrogen) atoms. The van der Waals surface area contributed by atoms with Gasteiger partial charge in [0.15, 0.2) is 0 Å². The van der Waals surface area contributed by atoms with Crippen molar-refractivity contribution in [2.24, 2.45) is 0 Å². The second kappa shape index (κ2) is 5.97. The molecule has 0 aromatic rings. The highest BCUT2D eigenvalue weighted by Crippen LogP contribution is 2.17. The second-order valence-electron chi connectivity index (χ2n) is 3.94. The maximum absolute atomic E-state index is 10.8. The first-order valence-electron chi connectivity index (χ1n) is 5.69. The summed E-state index contributed by atoms with van der Waals surface area (Å²) in [6.07, 6.45) is 7.82. The lowest BCUT2D eigenvalue weighted by atomic mass is 10.1. The molecule has 1 atom stereocenters. The van der Waals surface area contributed by atoms with Gasteiger partial charge in [0.1, 0.15) is 6.29 Å². The van der Waals surface area contributed by atoms with Crippen molar-refractivity contribution >= 4 is 6.29 Å². The highest BCUT2D eigenvalue weighted by Gasteiger charge is 2.23. The van der Waals surface area contributed by atoms with Gasteiger partial charge in [0.25, 0.3) is 0 Å². The van der Waals surface area contributed by atoms with Crippen LogP contribution in [-0.2, 0) is 4.79 Å². The zero-order valence-corrected chi connectivity index (χ0v) is 9.33. The third kappa shape index (κ3) is 2.95. The quantitative estimate of drug-likeness (QED) is 0.496. The molecule has 1 heterocycles. The number of rotatable bonds is 5. The summed E-state index contributed by atoms with van der Waals surface area (Å²) in [6, 6.07) is 0.182. The predicted molar refractivity (Wildman–Crippen MR) is 59.3 cm³/mol. The van der Waals surface area contributed by atoms with E-state index in [9.17, 15) is 4.79 Å². The fraction of sp³-hybridized carbons (Fsp3) is 0.750. The van der Waals surface area contributed by atoms with Crippen LogP contribution in [0.15, 0.2) is 11.6 Å². The average molecular weight is 195 g/mol. The Labute approximate surface area is 87.0 Å². The molecule has 0 N–H and O–H groups in total. The van der Waals surface area contributed by atoms with Crippen molar-refractivity contribution in [1.82, 2.24) is 4.90 Å². The molecular weight excluding hydrogens is 174 g/mol. The Morgan fingerprint density at radius 2 is 2.29 bits per heavy atom. The van der Waals surface area contributed by atoms with Gasteiger partial charge >= 0.3 is 0 Å². The smallest absolute Gasteiger partial charge is 0.137 e. The van der Waals surface area contributed by atoms with Crippen LogP contribution >= 0.6 is 0 Å². The number of hydrogen-bond donors (Lipinski definition) is 0. The lowest BCUT2D eigenvalue weighted by Crippen LogP contribution is -2.32. The number of likely N-dealkylation sites (tertiary alicyclic amines) is 1. The number of carbonyl (C=O) groups is 1. The van der Waals surface area contributed by atoms with Gasteiger partial charge in [0.05, 0.1) is 6.04 Å². The van der Waals surface area contributed by atoms with Gasteiger partial charge in [-0.2, -0.15) is 0 Å². The molecule has 0 saturated carbocycles. The lowest BCUT2D eigenvalue weighted by molar-refractivity contribution is -0.111. The van der Waals surface area contributed by atoms with Crippen LogP contribution in [0.4, 0.5) is 0 Å². The first-order valence-corrected chi connectivity index (χ1v) is 5.69. The van der Waals surface area contributed by atoms with E-state index in [-0.39, 0.29) is 6.04 Å². The molecule has 80 valence electrons. The maximum atomic E-state index is 10.8. The number of hydrogen-bond acceptors (Lipinski definition) is 2. The molecule has 1 aliphatic heterocycles. The molecule has 0 radical (unpaired) electrons. The van der Waals surface area contributed by atoms with Gasteiger partial charge < -0.3 is 4.79 Å². The Bertz CT molecular complexity index is 210. The van der Waals surface area contributed by atoms with E-state index in [0.717, 1.165) is 38.6 Å². The Morgan fingerprint density at radius 1 is 1.50 bits per heavy atom. The molecule has 0 spiro atoms. The third-order valence-corrected chi connectivity index (χ3v) is 2.92. The zero-order valence-electron chi connectivity index (χ0n) is 9.33. The zero-order chi connectivity index (χ0) is 10.4. The molecule has 2 heteroatoms. The van der Waals surface area contributed by atoms with Gasteiger partial charge in [0.2, 0.25) is 0 Å². The van der Waals surface area contributed by atoms with E-state index in [1.165, 1.54) is 12.0 Å². The van der Waals surface area contributed by atoms with Crippen LogP contribution in [0, 0.1) is 0 Å². The van der Waals surface area contributed by atoms with E-state index in [1.807, 2.05) is 0 Å². The molecule has 2 nitrogen and oxygen atoms in total. The van der Waals surface area contributed by atoms with Crippen LogP contribution in [0.3, 0.4) is 0 Å². The van der Waals surface area contributed by atoms with Gasteiger partial charge in [-0.3, -0.25) is 4.90 Å². The van der Waals surface area contributed by atoms with E-state index in [1.54, 1.807) is 0 Å². The van der Waals surface area contributed by atoms with Crippen LogP contribution in [0.25, 0.3) is 0 Å². The Balaban J connectivity index is 2.49. The molecule has 0 unspecified atom stereocenters. The normalized spacial score (nSPS) is 24.1. The Morgan fingerprint density at radius 3 is 2.86 bits per heavy atom. The highest BCUT2D eigenvalue weighted by molar-refractivity contribution is 5.58. The summed E-state index contributed by atoms with van der Waals surface area (Å²) < 4.78 is 0. The fourth-order valence-electron chi connectivity index (χ4n) is 2.07. The van der Waals surface area contributed by atoms with Crippen molar-refractivity contribution < 1.29 is 4.79 Å². The number of carbonyl (C=O) groups excluding carboxylic acids is 1. The minimum absolute atomic E-state index is 0.182. The van der Waals surface area contributed by atoms with Gasteiger partial charge in [0, 0.05) is 6.54 Å². The summed E-state index contributed by atoms with van der Waals surface area (Å²) in [7, 11) is 0. The molecule has 0 amide bonds. The van der Waals surface area contributed by atoms with Crippen molar-refractivity contribution in [3.63, 3.8) is 0 Å². The van der Waals surface area contributed by atoms with Crippen LogP contribution in [0.2, 0.25) is 0 Å². The maximum Gasteiger partial charge on any atom is 0.137 e. The summed E-state index contributed by atoms with van der Waals surface area (Å²) in [5, 5.41) is 0. The molecule has 1 fully saturated rings. The largest absolute Gasteiger partial charge is 0.302 e. The summed E-state index contributed by atoms with van der Waals surface area (Å²) in [4.78, 5) is 13.1. The SMILES string of the molecule is CC/C=C(\CC)CN1CCC[C@H]1C=O. The first kappa shape index (κ1) is 11.4. The molecule has 1 rings (SSSR count). The number of aldehydes is 1. The second-order valence-corrected chi connectivity index (χ2v) is 3.94. The van der Waals surface area contributed by atoms with Gasteiger partial charge in [-0.1, -0.05) is 25.5 Å². The van der Waals surface area contributed by atoms with E-state index < -0.39 is 0 Å². The molecule has 1 saturated heterocycles. The molecular formula is C12H21NO. The number of allylic oxidation sites excluding steroid dienone is 1. The molecule has 0 aromatic heterocycles. The van der Waals surface area contributed by atoms with E-state index in [4.69, 9.17) is 0 Å². The van der Waals surface area contributed by atoms with Crippen LogP contribution in [-0.4, -0.2) is 30.3 Å².